The molecule has 4 rings (SSSR count). The Hall–Kier alpha value is -3.02. The lowest BCUT2D eigenvalue weighted by Gasteiger charge is -2.52. The maximum Gasteiger partial charge on any atom is 0.235 e. The summed E-state index contributed by atoms with van der Waals surface area (Å²) in [4.78, 5) is 67.0. The van der Waals surface area contributed by atoms with E-state index < -0.39 is 75.9 Å². The largest absolute Gasteiger partial charge is 0.504 e. The summed E-state index contributed by atoms with van der Waals surface area (Å²) in [5.41, 5.74) is 2.28. The number of ketones is 4. The molecular formula is C26H32FN3O7. The highest BCUT2D eigenvalue weighted by Gasteiger charge is 2.69. The number of halogens is 1. The van der Waals surface area contributed by atoms with E-state index in [2.05, 4.69) is 5.32 Å². The summed E-state index contributed by atoms with van der Waals surface area (Å²) in [7, 11) is 3.04. The van der Waals surface area contributed by atoms with E-state index >= 15 is 4.39 Å². The summed E-state index contributed by atoms with van der Waals surface area (Å²) < 4.78 is 15.1. The molecule has 0 aromatic heterocycles. The Morgan fingerprint density at radius 1 is 1.22 bits per heavy atom. The molecule has 0 aliphatic heterocycles. The number of benzene rings is 1. The number of aromatic hydroxyl groups is 1. The SMILES string of the molecule is CN(C)[C@@H]1C(=O)C(C(N)=O)C(=O)[C@@]2(O)C(=O)C3C(=O)c4c(cc(CNC(C)(C)C)c(F)c4O)C[C@H]3C[C@@H]12. The van der Waals surface area contributed by atoms with Gasteiger partial charge >= 0.3 is 0 Å². The number of phenols is 1. The van der Waals surface area contributed by atoms with Crippen LogP contribution in [0.1, 0.15) is 48.7 Å². The predicted molar refractivity (Wildman–Crippen MR) is 128 cm³/mol. The number of Topliss-reactive ketones (excluding diaryl/α,β-unsaturated/α-hetero) is 4. The van der Waals surface area contributed by atoms with Gasteiger partial charge in [0.2, 0.25) is 5.91 Å². The molecule has 1 amide bonds. The van der Waals surface area contributed by atoms with E-state index in [1.807, 2.05) is 20.8 Å². The molecule has 3 aliphatic carbocycles. The molecule has 2 unspecified atom stereocenters. The van der Waals surface area contributed by atoms with Crippen molar-refractivity contribution in [2.24, 2.45) is 29.4 Å². The molecule has 200 valence electrons. The third-order valence-electron chi connectivity index (χ3n) is 7.88. The van der Waals surface area contributed by atoms with Gasteiger partial charge in [-0.25, -0.2) is 4.39 Å². The zero-order valence-electron chi connectivity index (χ0n) is 21.4. The summed E-state index contributed by atoms with van der Waals surface area (Å²) in [5, 5.41) is 25.3. The van der Waals surface area contributed by atoms with Crippen LogP contribution in [0.5, 0.6) is 5.75 Å². The highest BCUT2D eigenvalue weighted by atomic mass is 19.1. The van der Waals surface area contributed by atoms with E-state index in [9.17, 15) is 34.2 Å². The van der Waals surface area contributed by atoms with Crippen molar-refractivity contribution in [2.75, 3.05) is 14.1 Å². The number of primary amides is 1. The second-order valence-corrected chi connectivity index (χ2v) is 11.6. The maximum absolute atomic E-state index is 15.1. The smallest absolute Gasteiger partial charge is 0.235 e. The van der Waals surface area contributed by atoms with Gasteiger partial charge in [0.05, 0.1) is 17.5 Å². The number of nitrogens with one attached hydrogen (secondary N) is 1. The van der Waals surface area contributed by atoms with Crippen LogP contribution in [0, 0.1) is 29.5 Å². The second-order valence-electron chi connectivity index (χ2n) is 11.6. The minimum atomic E-state index is -2.80. The van der Waals surface area contributed by atoms with Crippen molar-refractivity contribution < 1.29 is 38.6 Å². The van der Waals surface area contributed by atoms with E-state index in [-0.39, 0.29) is 36.1 Å². The molecule has 37 heavy (non-hydrogen) atoms. The van der Waals surface area contributed by atoms with E-state index in [1.165, 1.54) is 25.1 Å². The summed E-state index contributed by atoms with van der Waals surface area (Å²) in [6.45, 7) is 5.76. The Labute approximate surface area is 213 Å². The number of fused-ring (bicyclic) bond motifs is 3. The lowest BCUT2D eigenvalue weighted by Crippen LogP contribution is -2.74. The zero-order chi connectivity index (χ0) is 27.8. The second kappa shape index (κ2) is 8.78. The molecule has 2 fully saturated rings. The lowest BCUT2D eigenvalue weighted by atomic mass is 9.52. The van der Waals surface area contributed by atoms with Crippen molar-refractivity contribution in [3.63, 3.8) is 0 Å². The zero-order valence-corrected chi connectivity index (χ0v) is 21.4. The molecule has 1 aromatic carbocycles. The third kappa shape index (κ3) is 4.00. The van der Waals surface area contributed by atoms with Gasteiger partial charge in [-0.2, -0.15) is 0 Å². The Morgan fingerprint density at radius 3 is 2.38 bits per heavy atom. The first kappa shape index (κ1) is 27.0. The van der Waals surface area contributed by atoms with Crippen molar-refractivity contribution in [3.8, 4) is 5.75 Å². The molecule has 0 bridgehead atoms. The van der Waals surface area contributed by atoms with Gasteiger partial charge in [-0.15, -0.1) is 0 Å². The van der Waals surface area contributed by atoms with Crippen molar-refractivity contribution in [1.29, 1.82) is 0 Å². The van der Waals surface area contributed by atoms with Crippen LogP contribution in [-0.4, -0.2) is 75.4 Å². The molecule has 2 saturated carbocycles. The van der Waals surface area contributed by atoms with Gasteiger partial charge in [-0.3, -0.25) is 28.9 Å². The standard InChI is InChI=1S/C26H32FN3O7/c1-25(2,3)29-9-12-7-10-6-11-8-13-18(30(4)5)21(33)16(24(28)36)23(35)26(13,37)22(34)15(11)19(31)14(10)20(32)17(12)27/h7,11,13,15-16,18,29,32,37H,6,8-9H2,1-5H3,(H2,28,36)/t11-,13-,15?,16?,18-,26-/m0/s1. The summed E-state index contributed by atoms with van der Waals surface area (Å²) in [5.74, 6) is -12.9. The van der Waals surface area contributed by atoms with E-state index in [0.717, 1.165) is 0 Å². The Bertz CT molecular complexity index is 1240. The van der Waals surface area contributed by atoms with Gasteiger partial charge in [0.15, 0.2) is 46.2 Å². The normalized spacial score (nSPS) is 31.7. The molecule has 0 radical (unpaired) electrons. The van der Waals surface area contributed by atoms with Crippen LogP contribution in [0.3, 0.4) is 0 Å². The number of phenolic OH excluding ortho intramolecular Hbond substituents is 1. The Balaban J connectivity index is 1.81. The predicted octanol–water partition coefficient (Wildman–Crippen LogP) is -0.106. The van der Waals surface area contributed by atoms with Gasteiger partial charge in [0.1, 0.15) is 0 Å². The van der Waals surface area contributed by atoms with Gasteiger partial charge < -0.3 is 21.3 Å². The molecule has 5 N–H and O–H groups in total. The Kier molecular flexibility index (Phi) is 6.41. The number of amides is 1. The number of rotatable bonds is 4. The quantitative estimate of drug-likeness (QED) is 0.399. The number of aliphatic hydroxyl groups is 1. The number of hydrogen-bond donors (Lipinski definition) is 4. The van der Waals surface area contributed by atoms with Crippen LogP contribution in [0.2, 0.25) is 0 Å². The molecule has 0 saturated heterocycles. The first-order chi connectivity index (χ1) is 17.0. The molecule has 11 heteroatoms. The van der Waals surface area contributed by atoms with Crippen molar-refractivity contribution in [2.45, 2.75) is 57.3 Å². The van der Waals surface area contributed by atoms with Crippen LogP contribution in [0.25, 0.3) is 0 Å². The summed E-state index contributed by atoms with van der Waals surface area (Å²) in [6, 6.07) is 0.307. The first-order valence-corrected chi connectivity index (χ1v) is 12.1. The topological polar surface area (TPSA) is 167 Å². The Morgan fingerprint density at radius 2 is 1.84 bits per heavy atom. The van der Waals surface area contributed by atoms with Crippen LogP contribution in [-0.2, 0) is 32.1 Å². The maximum atomic E-state index is 15.1. The van der Waals surface area contributed by atoms with Gasteiger partial charge in [-0.05, 0) is 59.2 Å². The fourth-order valence-corrected chi connectivity index (χ4v) is 6.19. The minimum absolute atomic E-state index is 0.0579. The number of hydrogen-bond acceptors (Lipinski definition) is 9. The molecule has 1 aromatic rings. The van der Waals surface area contributed by atoms with E-state index in [4.69, 9.17) is 5.73 Å². The molecular weight excluding hydrogens is 485 g/mol. The molecule has 10 nitrogen and oxygen atoms in total. The molecule has 0 heterocycles. The summed E-state index contributed by atoms with van der Waals surface area (Å²) in [6.07, 6.45) is 0.0276. The number of carbonyl (C=O) groups is 5. The van der Waals surface area contributed by atoms with E-state index in [1.54, 1.807) is 0 Å². The van der Waals surface area contributed by atoms with Gasteiger partial charge in [-0.1, -0.05) is 6.07 Å². The van der Waals surface area contributed by atoms with Crippen molar-refractivity contribution >= 4 is 29.0 Å². The molecule has 6 atom stereocenters. The monoisotopic (exact) mass is 517 g/mol. The molecule has 3 aliphatic rings. The number of nitrogens with two attached hydrogens (primary N) is 1. The van der Waals surface area contributed by atoms with Crippen molar-refractivity contribution in [3.05, 3.63) is 28.6 Å². The first-order valence-electron chi connectivity index (χ1n) is 12.1. The minimum Gasteiger partial charge on any atom is -0.504 e. The number of nitrogens with zero attached hydrogens (tertiary/aromatic N) is 1. The lowest BCUT2D eigenvalue weighted by molar-refractivity contribution is -0.181. The average molecular weight is 518 g/mol. The van der Waals surface area contributed by atoms with E-state index in [0.29, 0.717) is 5.56 Å². The highest BCUT2D eigenvalue weighted by Crippen LogP contribution is 2.51. The third-order valence-corrected chi connectivity index (χ3v) is 7.88. The van der Waals surface area contributed by atoms with Gasteiger partial charge in [0, 0.05) is 23.6 Å². The average Bonchev–Trinajstić information content (AvgIpc) is 2.76. The van der Waals surface area contributed by atoms with Crippen molar-refractivity contribution in [1.82, 2.24) is 10.2 Å². The van der Waals surface area contributed by atoms with Crippen LogP contribution in [0.15, 0.2) is 6.07 Å². The van der Waals surface area contributed by atoms with Gasteiger partial charge in [0.25, 0.3) is 0 Å². The van der Waals surface area contributed by atoms with Crippen LogP contribution < -0.4 is 11.1 Å². The van der Waals surface area contributed by atoms with Crippen LogP contribution in [0.4, 0.5) is 4.39 Å². The number of carbonyl (C=O) groups excluding carboxylic acids is 5. The van der Waals surface area contributed by atoms with Crippen LogP contribution >= 0.6 is 0 Å². The fourth-order valence-electron chi connectivity index (χ4n) is 6.19. The number of likely N-dealkylation sites (N-methyl/N-ethyl adjacent to an activating group) is 1. The fraction of sp³-hybridized carbons (Fsp3) is 0.577. The molecule has 0 spiro atoms. The summed E-state index contributed by atoms with van der Waals surface area (Å²) >= 11 is 0. The highest BCUT2D eigenvalue weighted by molar-refractivity contribution is 6.32.